The molecule has 2 N–H and O–H groups in total. The van der Waals surface area contributed by atoms with Gasteiger partial charge in [0.1, 0.15) is 0 Å². The average molecular weight is 517 g/mol. The van der Waals surface area contributed by atoms with Gasteiger partial charge in [-0.3, -0.25) is 9.89 Å². The molecule has 0 radical (unpaired) electrons. The van der Waals surface area contributed by atoms with Crippen molar-refractivity contribution in [3.8, 4) is 27.6 Å². The number of nitrogens with one attached hydrogen (secondary N) is 1. The van der Waals surface area contributed by atoms with Gasteiger partial charge in [0.2, 0.25) is 10.3 Å². The zero-order valence-corrected chi connectivity index (χ0v) is 21.6. The Morgan fingerprint density at radius 1 is 1.00 bits per heavy atom. The molecule has 0 saturated carbocycles. The van der Waals surface area contributed by atoms with Gasteiger partial charge in [0.25, 0.3) is 0 Å². The molecule has 182 valence electrons. The lowest BCUT2D eigenvalue weighted by Gasteiger charge is -2.19. The van der Waals surface area contributed by atoms with Crippen molar-refractivity contribution in [2.45, 2.75) is 26.2 Å². The van der Waals surface area contributed by atoms with E-state index >= 15 is 0 Å². The van der Waals surface area contributed by atoms with E-state index in [4.69, 9.17) is 0 Å². The summed E-state index contributed by atoms with van der Waals surface area (Å²) in [6.45, 7) is 5.77. The molecular formula is C26H24N6O2S2. The molecule has 0 spiro atoms. The van der Waals surface area contributed by atoms with Crippen LogP contribution in [0.15, 0.2) is 81.1 Å². The van der Waals surface area contributed by atoms with Crippen LogP contribution < -0.4 is 5.56 Å². The van der Waals surface area contributed by atoms with Crippen LogP contribution in [0.3, 0.4) is 0 Å². The Labute approximate surface area is 215 Å². The monoisotopic (exact) mass is 516 g/mol. The Morgan fingerprint density at radius 3 is 2.33 bits per heavy atom. The van der Waals surface area contributed by atoms with Gasteiger partial charge in [-0.1, -0.05) is 85.8 Å². The molecule has 0 saturated heterocycles. The zero-order chi connectivity index (χ0) is 25.3. The number of hydrogen-bond donors (Lipinski definition) is 2. The van der Waals surface area contributed by atoms with Crippen molar-refractivity contribution in [2.75, 3.05) is 6.61 Å². The lowest BCUT2D eigenvalue weighted by molar-refractivity contribution is 0.220. The molecule has 0 aliphatic rings. The molecular weight excluding hydrogens is 492 g/mol. The minimum atomic E-state index is -0.438. The van der Waals surface area contributed by atoms with Gasteiger partial charge in [-0.15, -0.1) is 21.6 Å². The number of aryl methyl sites for hydroxylation is 1. The number of aliphatic hydroxyl groups is 1. The Kier molecular flexibility index (Phi) is 6.48. The number of H-pyrrole nitrogens is 1. The van der Waals surface area contributed by atoms with Crippen molar-refractivity contribution < 1.29 is 5.11 Å². The number of azo groups is 1. The van der Waals surface area contributed by atoms with Crippen LogP contribution in [0, 0.1) is 6.92 Å². The first-order valence-electron chi connectivity index (χ1n) is 11.3. The highest BCUT2D eigenvalue weighted by Gasteiger charge is 2.26. The van der Waals surface area contributed by atoms with Gasteiger partial charge in [0.15, 0.2) is 5.69 Å². The number of aliphatic hydroxyl groups excluding tert-OH is 1. The Morgan fingerprint density at radius 2 is 1.67 bits per heavy atom. The first-order chi connectivity index (χ1) is 17.4. The third-order valence-corrected chi connectivity index (χ3v) is 7.95. The molecule has 5 aromatic rings. The van der Waals surface area contributed by atoms with E-state index in [1.54, 1.807) is 0 Å². The second-order valence-electron chi connectivity index (χ2n) is 8.88. The third kappa shape index (κ3) is 4.58. The van der Waals surface area contributed by atoms with E-state index in [1.807, 2.05) is 86.8 Å². The fourth-order valence-electron chi connectivity index (χ4n) is 3.79. The van der Waals surface area contributed by atoms with E-state index in [9.17, 15) is 9.90 Å². The highest BCUT2D eigenvalue weighted by Crippen LogP contribution is 2.36. The van der Waals surface area contributed by atoms with Crippen LogP contribution in [0.4, 0.5) is 10.8 Å². The van der Waals surface area contributed by atoms with Crippen LogP contribution in [-0.4, -0.2) is 31.5 Å². The van der Waals surface area contributed by atoms with E-state index in [-0.39, 0.29) is 17.9 Å². The molecule has 0 fully saturated rings. The molecule has 3 heterocycles. The molecule has 0 amide bonds. The van der Waals surface area contributed by atoms with Crippen LogP contribution >= 0.6 is 22.7 Å². The van der Waals surface area contributed by atoms with Crippen molar-refractivity contribution in [2.24, 2.45) is 10.2 Å². The smallest absolute Gasteiger partial charge is 0.301 e. The SMILES string of the molecule is Cc1nc(N=Nc2c(-c3ccccc3)[nH]n(-c3nc(-c4ccccc4)cs3)c2=O)sc1C(C)(C)CO. The zero-order valence-electron chi connectivity index (χ0n) is 20.0. The lowest BCUT2D eigenvalue weighted by Crippen LogP contribution is -2.21. The molecule has 2 aromatic carbocycles. The highest BCUT2D eigenvalue weighted by molar-refractivity contribution is 7.15. The minimum absolute atomic E-state index is 0.00786. The maximum absolute atomic E-state index is 13.5. The summed E-state index contributed by atoms with van der Waals surface area (Å²) in [7, 11) is 0. The molecule has 0 atom stereocenters. The molecule has 0 aliphatic carbocycles. The van der Waals surface area contributed by atoms with Gasteiger partial charge >= 0.3 is 5.56 Å². The summed E-state index contributed by atoms with van der Waals surface area (Å²) in [4.78, 5) is 23.6. The normalized spacial score (nSPS) is 12.0. The first-order valence-corrected chi connectivity index (χ1v) is 13.0. The van der Waals surface area contributed by atoms with Crippen molar-refractivity contribution in [1.82, 2.24) is 19.7 Å². The molecule has 0 aliphatic heterocycles. The molecule has 8 nitrogen and oxygen atoms in total. The van der Waals surface area contributed by atoms with Crippen LogP contribution in [0.2, 0.25) is 0 Å². The van der Waals surface area contributed by atoms with Gasteiger partial charge in [0.05, 0.1) is 23.7 Å². The fourth-order valence-corrected chi connectivity index (χ4v) is 5.56. The highest BCUT2D eigenvalue weighted by atomic mass is 32.1. The quantitative estimate of drug-likeness (QED) is 0.244. The van der Waals surface area contributed by atoms with Crippen LogP contribution in [0.5, 0.6) is 0 Å². The second kappa shape index (κ2) is 9.73. The summed E-state index contributed by atoms with van der Waals surface area (Å²) < 4.78 is 1.40. The average Bonchev–Trinajstić information content (AvgIpc) is 3.61. The standard InChI is InChI=1S/C26H24N6O2S2/c1-16-22(26(2,3)15-33)36-24(27-16)30-29-21-20(18-12-8-5-9-13-18)31-32(23(21)34)25-28-19(14-35-25)17-10-6-4-7-11-17/h4-14,31,33H,15H2,1-3H3. The number of thiazole rings is 2. The summed E-state index contributed by atoms with van der Waals surface area (Å²) in [6, 6.07) is 19.3. The summed E-state index contributed by atoms with van der Waals surface area (Å²) in [5, 5.41) is 24.4. The summed E-state index contributed by atoms with van der Waals surface area (Å²) >= 11 is 2.73. The number of nitrogens with zero attached hydrogens (tertiary/aromatic N) is 5. The van der Waals surface area contributed by atoms with Gasteiger partial charge in [-0.05, 0) is 6.92 Å². The van der Waals surface area contributed by atoms with E-state index in [1.165, 1.54) is 27.4 Å². The fraction of sp³-hybridized carbons (Fsp3) is 0.192. The van der Waals surface area contributed by atoms with Gasteiger partial charge in [-0.25, -0.2) is 9.97 Å². The third-order valence-electron chi connectivity index (χ3n) is 5.71. The van der Waals surface area contributed by atoms with E-state index in [0.717, 1.165) is 27.4 Å². The maximum Gasteiger partial charge on any atom is 0.301 e. The lowest BCUT2D eigenvalue weighted by atomic mass is 9.92. The van der Waals surface area contributed by atoms with Crippen molar-refractivity contribution in [3.05, 3.63) is 87.0 Å². The number of aromatic nitrogens is 4. The van der Waals surface area contributed by atoms with Crippen LogP contribution in [0.1, 0.15) is 24.4 Å². The summed E-state index contributed by atoms with van der Waals surface area (Å²) in [5.41, 5.74) is 3.29. The van der Waals surface area contributed by atoms with Crippen LogP contribution in [0.25, 0.3) is 27.6 Å². The predicted octanol–water partition coefficient (Wildman–Crippen LogP) is 6.41. The summed E-state index contributed by atoms with van der Waals surface area (Å²) in [6.07, 6.45) is 0. The van der Waals surface area contributed by atoms with Crippen molar-refractivity contribution in [3.63, 3.8) is 0 Å². The van der Waals surface area contributed by atoms with Gasteiger partial charge in [-0.2, -0.15) is 4.68 Å². The van der Waals surface area contributed by atoms with E-state index < -0.39 is 5.41 Å². The minimum Gasteiger partial charge on any atom is -0.395 e. The number of rotatable bonds is 7. The molecule has 3 aromatic heterocycles. The molecule has 0 unspecified atom stereocenters. The van der Waals surface area contributed by atoms with E-state index in [0.29, 0.717) is 16.0 Å². The van der Waals surface area contributed by atoms with Crippen molar-refractivity contribution >= 4 is 33.5 Å². The maximum atomic E-state index is 13.5. The Bertz CT molecular complexity index is 1580. The van der Waals surface area contributed by atoms with Gasteiger partial charge < -0.3 is 5.11 Å². The van der Waals surface area contributed by atoms with Crippen LogP contribution in [-0.2, 0) is 5.41 Å². The van der Waals surface area contributed by atoms with Gasteiger partial charge in [0, 0.05) is 26.8 Å². The van der Waals surface area contributed by atoms with Crippen molar-refractivity contribution in [1.29, 1.82) is 0 Å². The Balaban J connectivity index is 1.57. The first kappa shape index (κ1) is 24.0. The largest absolute Gasteiger partial charge is 0.395 e. The topological polar surface area (TPSA) is 109 Å². The Hall–Kier alpha value is -3.73. The van der Waals surface area contributed by atoms with E-state index in [2.05, 4.69) is 25.3 Å². The second-order valence-corrected chi connectivity index (χ2v) is 10.7. The number of aromatic amines is 1. The number of benzene rings is 2. The predicted molar refractivity (Wildman–Crippen MR) is 144 cm³/mol. The summed E-state index contributed by atoms with van der Waals surface area (Å²) in [5.74, 6) is 0. The molecule has 0 bridgehead atoms. The molecule has 36 heavy (non-hydrogen) atoms. The molecule has 10 heteroatoms. The molecule has 5 rings (SSSR count). The number of hydrogen-bond acceptors (Lipinski definition) is 8.